The Morgan fingerprint density at radius 3 is 2.93 bits per heavy atom. The highest BCUT2D eigenvalue weighted by Gasteiger charge is 2.54. The van der Waals surface area contributed by atoms with Crippen molar-refractivity contribution in [1.82, 2.24) is 14.9 Å². The van der Waals surface area contributed by atoms with Crippen LogP contribution in [0.4, 0.5) is 11.8 Å². The van der Waals surface area contributed by atoms with Gasteiger partial charge < -0.3 is 20.1 Å². The van der Waals surface area contributed by atoms with Crippen LogP contribution in [0.15, 0.2) is 12.3 Å². The lowest BCUT2D eigenvalue weighted by atomic mass is 9.61. The summed E-state index contributed by atoms with van der Waals surface area (Å²) >= 11 is 0. The molecule has 154 valence electrons. The van der Waals surface area contributed by atoms with Crippen LogP contribution in [0.25, 0.3) is 0 Å². The molecule has 2 aliphatic heterocycles. The average molecular weight is 390 g/mol. The summed E-state index contributed by atoms with van der Waals surface area (Å²) in [6.45, 7) is 7.34. The van der Waals surface area contributed by atoms with E-state index >= 15 is 0 Å². The van der Waals surface area contributed by atoms with Crippen LogP contribution in [0.5, 0.6) is 0 Å². The Labute approximate surface area is 166 Å². The molecule has 28 heavy (non-hydrogen) atoms. The van der Waals surface area contributed by atoms with E-state index in [1.165, 1.54) is 0 Å². The molecule has 2 N–H and O–H groups in total. The summed E-state index contributed by atoms with van der Waals surface area (Å²) in [5, 5.41) is 0. The van der Waals surface area contributed by atoms with Crippen LogP contribution in [-0.4, -0.2) is 72.9 Å². The van der Waals surface area contributed by atoms with Crippen molar-refractivity contribution in [2.75, 3.05) is 56.6 Å². The molecule has 0 spiro atoms. The maximum Gasteiger partial charge on any atom is 0.314 e. The van der Waals surface area contributed by atoms with Crippen LogP contribution in [0.1, 0.15) is 32.6 Å². The number of carbonyl (C=O) groups is 1. The van der Waals surface area contributed by atoms with E-state index in [0.717, 1.165) is 58.5 Å². The molecule has 1 saturated carbocycles. The minimum Gasteiger partial charge on any atom is -0.466 e. The number of morpholine rings is 1. The Balaban J connectivity index is 1.55. The smallest absolute Gasteiger partial charge is 0.314 e. The predicted molar refractivity (Wildman–Crippen MR) is 106 cm³/mol. The molecular formula is C20H31N5O3. The molecule has 3 heterocycles. The molecular weight excluding hydrogens is 358 g/mol. The number of nitrogen functional groups attached to an aromatic ring is 1. The fourth-order valence-corrected chi connectivity index (χ4v) is 5.20. The fraction of sp³-hybridized carbons (Fsp3) is 0.750. The number of rotatable bonds is 4. The topological polar surface area (TPSA) is 93.8 Å². The van der Waals surface area contributed by atoms with Gasteiger partial charge in [-0.2, -0.15) is 4.98 Å². The zero-order valence-corrected chi connectivity index (χ0v) is 16.7. The maximum atomic E-state index is 13.1. The van der Waals surface area contributed by atoms with E-state index in [1.807, 2.05) is 6.92 Å². The number of fused-ring (bicyclic) bond motifs is 1. The van der Waals surface area contributed by atoms with Gasteiger partial charge in [-0.3, -0.25) is 9.69 Å². The summed E-state index contributed by atoms with van der Waals surface area (Å²) in [5.74, 6) is 1.32. The monoisotopic (exact) mass is 389 g/mol. The number of piperidine rings is 1. The van der Waals surface area contributed by atoms with Gasteiger partial charge in [0.15, 0.2) is 0 Å². The summed E-state index contributed by atoms with van der Waals surface area (Å²) in [7, 11) is 0. The number of hydrogen-bond donors (Lipinski definition) is 1. The molecule has 0 radical (unpaired) electrons. The van der Waals surface area contributed by atoms with Gasteiger partial charge in [-0.15, -0.1) is 0 Å². The lowest BCUT2D eigenvalue weighted by Gasteiger charge is -2.52. The first kappa shape index (κ1) is 19.4. The van der Waals surface area contributed by atoms with E-state index in [4.69, 9.17) is 15.2 Å². The largest absolute Gasteiger partial charge is 0.466 e. The van der Waals surface area contributed by atoms with Crippen molar-refractivity contribution >= 4 is 17.7 Å². The zero-order chi connectivity index (χ0) is 19.6. The number of nitrogens with two attached hydrogens (primary N) is 1. The zero-order valence-electron chi connectivity index (χ0n) is 16.7. The van der Waals surface area contributed by atoms with Gasteiger partial charge in [-0.1, -0.05) is 0 Å². The van der Waals surface area contributed by atoms with Gasteiger partial charge in [-0.05, 0) is 44.6 Å². The number of ether oxygens (including phenoxy) is 2. The second-order valence-corrected chi connectivity index (χ2v) is 8.14. The maximum absolute atomic E-state index is 13.1. The van der Waals surface area contributed by atoms with Crippen molar-refractivity contribution in [3.05, 3.63) is 12.3 Å². The molecule has 3 aliphatic rings. The molecule has 4 rings (SSSR count). The molecule has 0 amide bonds. The number of hydrogen-bond acceptors (Lipinski definition) is 8. The predicted octanol–water partition coefficient (Wildman–Crippen LogP) is 1.32. The van der Waals surface area contributed by atoms with E-state index in [2.05, 4.69) is 19.8 Å². The van der Waals surface area contributed by atoms with Crippen LogP contribution >= 0.6 is 0 Å². The minimum absolute atomic E-state index is 0.0611. The van der Waals surface area contributed by atoms with Gasteiger partial charge in [0.25, 0.3) is 0 Å². The fourth-order valence-electron chi connectivity index (χ4n) is 5.20. The van der Waals surface area contributed by atoms with Crippen molar-refractivity contribution in [2.24, 2.45) is 11.3 Å². The van der Waals surface area contributed by atoms with Crippen LogP contribution in [0, 0.1) is 11.3 Å². The molecule has 3 atom stereocenters. The molecule has 2 saturated heterocycles. The molecule has 0 aromatic carbocycles. The summed E-state index contributed by atoms with van der Waals surface area (Å²) < 4.78 is 11.1. The van der Waals surface area contributed by atoms with Gasteiger partial charge in [0.1, 0.15) is 5.82 Å². The quantitative estimate of drug-likeness (QED) is 0.771. The van der Waals surface area contributed by atoms with Crippen molar-refractivity contribution in [1.29, 1.82) is 0 Å². The highest BCUT2D eigenvalue weighted by atomic mass is 16.5. The summed E-state index contributed by atoms with van der Waals surface area (Å²) in [6.07, 6.45) is 5.52. The third-order valence-electron chi connectivity index (χ3n) is 6.67. The number of carbonyl (C=O) groups excluding carboxylic acids is 1. The van der Waals surface area contributed by atoms with E-state index in [9.17, 15) is 4.79 Å². The molecule has 3 fully saturated rings. The number of aromatic nitrogens is 2. The van der Waals surface area contributed by atoms with Crippen molar-refractivity contribution in [2.45, 2.75) is 38.6 Å². The van der Waals surface area contributed by atoms with Crippen LogP contribution < -0.4 is 10.6 Å². The molecule has 8 nitrogen and oxygen atoms in total. The summed E-state index contributed by atoms with van der Waals surface area (Å²) in [5.41, 5.74) is 5.37. The first-order valence-electron chi connectivity index (χ1n) is 10.4. The SMILES string of the molecule is CCOC(=O)[C@@]12CC[C@@H](N3CCOCC3)C[C@H]1CCN(c1nccc(N)n1)C2. The summed E-state index contributed by atoms with van der Waals surface area (Å²) in [4.78, 5) is 26.6. The van der Waals surface area contributed by atoms with Gasteiger partial charge in [0.05, 0.1) is 25.2 Å². The van der Waals surface area contributed by atoms with Gasteiger partial charge in [0.2, 0.25) is 5.95 Å². The number of esters is 1. The van der Waals surface area contributed by atoms with E-state index in [-0.39, 0.29) is 5.97 Å². The Kier molecular flexibility index (Phi) is 5.68. The Hall–Kier alpha value is -1.93. The summed E-state index contributed by atoms with van der Waals surface area (Å²) in [6, 6.07) is 2.22. The molecule has 1 aliphatic carbocycles. The van der Waals surface area contributed by atoms with E-state index < -0.39 is 5.41 Å². The van der Waals surface area contributed by atoms with Crippen LogP contribution in [-0.2, 0) is 14.3 Å². The lowest BCUT2D eigenvalue weighted by molar-refractivity contribution is -0.164. The molecule has 0 bridgehead atoms. The van der Waals surface area contributed by atoms with Gasteiger partial charge in [-0.25, -0.2) is 4.98 Å². The highest BCUT2D eigenvalue weighted by molar-refractivity contribution is 5.78. The lowest BCUT2D eigenvalue weighted by Crippen LogP contribution is -2.59. The Morgan fingerprint density at radius 2 is 2.18 bits per heavy atom. The van der Waals surface area contributed by atoms with Gasteiger partial charge in [0, 0.05) is 38.4 Å². The molecule has 1 aromatic heterocycles. The second-order valence-electron chi connectivity index (χ2n) is 8.14. The Morgan fingerprint density at radius 1 is 1.36 bits per heavy atom. The van der Waals surface area contributed by atoms with Crippen LogP contribution in [0.3, 0.4) is 0 Å². The van der Waals surface area contributed by atoms with E-state index in [1.54, 1.807) is 12.3 Å². The number of anilines is 2. The molecule has 8 heteroatoms. The van der Waals surface area contributed by atoms with Gasteiger partial charge >= 0.3 is 5.97 Å². The molecule has 0 unspecified atom stereocenters. The standard InChI is InChI=1S/C20H31N5O3/c1-2-28-18(26)20-6-3-16(24-9-11-27-12-10-24)13-15(20)5-8-25(14-20)19-22-7-4-17(21)23-19/h4,7,15-16H,2-3,5-6,8-14H2,1H3,(H2,21,22,23)/t15-,16-,20-/m1/s1. The molecule has 1 aromatic rings. The minimum atomic E-state index is -0.481. The van der Waals surface area contributed by atoms with Crippen LogP contribution in [0.2, 0.25) is 0 Å². The second kappa shape index (κ2) is 8.21. The average Bonchev–Trinajstić information content (AvgIpc) is 2.73. The van der Waals surface area contributed by atoms with Crippen molar-refractivity contribution < 1.29 is 14.3 Å². The normalized spacial score (nSPS) is 31.2. The van der Waals surface area contributed by atoms with Crippen molar-refractivity contribution in [3.63, 3.8) is 0 Å². The Bertz CT molecular complexity index is 696. The first-order chi connectivity index (χ1) is 13.6. The third kappa shape index (κ3) is 3.67. The number of nitrogens with zero attached hydrogens (tertiary/aromatic N) is 4. The highest BCUT2D eigenvalue weighted by Crippen LogP contribution is 2.49. The third-order valence-corrected chi connectivity index (χ3v) is 6.67. The first-order valence-corrected chi connectivity index (χ1v) is 10.4. The van der Waals surface area contributed by atoms with E-state index in [0.29, 0.717) is 36.9 Å². The van der Waals surface area contributed by atoms with Crippen molar-refractivity contribution in [3.8, 4) is 0 Å².